The van der Waals surface area contributed by atoms with E-state index in [2.05, 4.69) is 12.2 Å². The summed E-state index contributed by atoms with van der Waals surface area (Å²) in [5, 5.41) is 3.18. The van der Waals surface area contributed by atoms with Crippen LogP contribution >= 0.6 is 0 Å². The van der Waals surface area contributed by atoms with Crippen LogP contribution in [0.3, 0.4) is 0 Å². The summed E-state index contributed by atoms with van der Waals surface area (Å²) in [6.45, 7) is 4.26. The van der Waals surface area contributed by atoms with Crippen molar-refractivity contribution < 1.29 is 0 Å². The predicted molar refractivity (Wildman–Crippen MR) is 59.1 cm³/mol. The molecule has 0 aliphatic heterocycles. The highest BCUT2D eigenvalue weighted by atomic mass is 16.2. The third-order valence-corrected chi connectivity index (χ3v) is 2.19. The van der Waals surface area contributed by atoms with Gasteiger partial charge in [0.05, 0.1) is 0 Å². The Morgan fingerprint density at radius 3 is 2.60 bits per heavy atom. The van der Waals surface area contributed by atoms with Gasteiger partial charge < -0.3 is 14.5 Å². The van der Waals surface area contributed by atoms with Crippen molar-refractivity contribution in [2.45, 2.75) is 19.9 Å². The van der Waals surface area contributed by atoms with Crippen LogP contribution in [0.25, 0.3) is 0 Å². The molecule has 5 nitrogen and oxygen atoms in total. The monoisotopic (exact) mass is 211 g/mol. The van der Waals surface area contributed by atoms with Crippen LogP contribution in [0.15, 0.2) is 22.0 Å². The maximum Gasteiger partial charge on any atom is 0.316 e. The van der Waals surface area contributed by atoms with Gasteiger partial charge in [0.15, 0.2) is 0 Å². The number of aryl methyl sites for hydroxylation is 1. The van der Waals surface area contributed by atoms with Crippen molar-refractivity contribution in [3.05, 3.63) is 33.1 Å². The lowest BCUT2D eigenvalue weighted by atomic mass is 10.4. The van der Waals surface area contributed by atoms with Gasteiger partial charge in [0.1, 0.15) is 0 Å². The van der Waals surface area contributed by atoms with E-state index in [0.29, 0.717) is 13.1 Å². The van der Waals surface area contributed by atoms with Crippen LogP contribution in [-0.4, -0.2) is 22.2 Å². The first-order valence-electron chi connectivity index (χ1n) is 5.13. The molecule has 1 heterocycles. The van der Waals surface area contributed by atoms with E-state index in [0.717, 1.165) is 13.0 Å². The van der Waals surface area contributed by atoms with Gasteiger partial charge in [-0.05, 0) is 13.0 Å². The SMILES string of the molecule is CCCNCCn1ccn(C)c(=O)c1=O. The fraction of sp³-hybridized carbons (Fsp3) is 0.600. The fourth-order valence-electron chi connectivity index (χ4n) is 1.27. The number of nitrogens with zero attached hydrogens (tertiary/aromatic N) is 2. The van der Waals surface area contributed by atoms with E-state index in [-0.39, 0.29) is 0 Å². The van der Waals surface area contributed by atoms with Crippen LogP contribution in [0.2, 0.25) is 0 Å². The molecular weight excluding hydrogens is 194 g/mol. The molecule has 1 aromatic rings. The lowest BCUT2D eigenvalue weighted by Crippen LogP contribution is -2.40. The van der Waals surface area contributed by atoms with Crippen LogP contribution < -0.4 is 16.4 Å². The minimum atomic E-state index is -0.479. The van der Waals surface area contributed by atoms with Crippen LogP contribution in [0.4, 0.5) is 0 Å². The van der Waals surface area contributed by atoms with Crippen molar-refractivity contribution in [1.29, 1.82) is 0 Å². The van der Waals surface area contributed by atoms with Crippen LogP contribution in [0.5, 0.6) is 0 Å². The summed E-state index contributed by atoms with van der Waals surface area (Å²) in [6.07, 6.45) is 4.30. The van der Waals surface area contributed by atoms with Gasteiger partial charge in [0.25, 0.3) is 0 Å². The van der Waals surface area contributed by atoms with Gasteiger partial charge in [0.2, 0.25) is 0 Å². The van der Waals surface area contributed by atoms with Crippen LogP contribution in [0.1, 0.15) is 13.3 Å². The van der Waals surface area contributed by atoms with Gasteiger partial charge >= 0.3 is 11.1 Å². The van der Waals surface area contributed by atoms with Gasteiger partial charge in [-0.15, -0.1) is 0 Å². The maximum atomic E-state index is 11.5. The van der Waals surface area contributed by atoms with Crippen molar-refractivity contribution in [3.8, 4) is 0 Å². The summed E-state index contributed by atoms with van der Waals surface area (Å²) in [7, 11) is 1.57. The van der Waals surface area contributed by atoms with Gasteiger partial charge in [-0.2, -0.15) is 0 Å². The minimum Gasteiger partial charge on any atom is -0.315 e. The quantitative estimate of drug-likeness (QED) is 0.530. The highest BCUT2D eigenvalue weighted by Gasteiger charge is 2.00. The molecule has 1 N–H and O–H groups in total. The van der Waals surface area contributed by atoms with E-state index >= 15 is 0 Å². The molecule has 0 atom stereocenters. The van der Waals surface area contributed by atoms with Crippen molar-refractivity contribution in [3.63, 3.8) is 0 Å². The Morgan fingerprint density at radius 1 is 1.20 bits per heavy atom. The first-order valence-corrected chi connectivity index (χ1v) is 5.13. The molecule has 0 unspecified atom stereocenters. The molecule has 5 heteroatoms. The fourth-order valence-corrected chi connectivity index (χ4v) is 1.27. The molecule has 0 saturated carbocycles. The molecule has 1 rings (SSSR count). The second kappa shape index (κ2) is 5.50. The summed E-state index contributed by atoms with van der Waals surface area (Å²) in [6, 6.07) is 0. The number of aromatic nitrogens is 2. The zero-order chi connectivity index (χ0) is 11.3. The van der Waals surface area contributed by atoms with Gasteiger partial charge in [-0.3, -0.25) is 9.59 Å². The van der Waals surface area contributed by atoms with Crippen LogP contribution in [-0.2, 0) is 13.6 Å². The molecule has 0 bridgehead atoms. The summed E-state index contributed by atoms with van der Waals surface area (Å²) in [5.74, 6) is 0. The highest BCUT2D eigenvalue weighted by Crippen LogP contribution is 1.78. The first kappa shape index (κ1) is 11.7. The summed E-state index contributed by atoms with van der Waals surface area (Å²) in [4.78, 5) is 22.7. The topological polar surface area (TPSA) is 56.0 Å². The maximum absolute atomic E-state index is 11.5. The molecule has 0 radical (unpaired) electrons. The highest BCUT2D eigenvalue weighted by molar-refractivity contribution is 4.84. The third-order valence-electron chi connectivity index (χ3n) is 2.19. The lowest BCUT2D eigenvalue weighted by Gasteiger charge is -2.06. The smallest absolute Gasteiger partial charge is 0.315 e. The zero-order valence-electron chi connectivity index (χ0n) is 9.19. The Hall–Kier alpha value is -1.36. The predicted octanol–water partition coefficient (Wildman–Crippen LogP) is -0.453. The van der Waals surface area contributed by atoms with Crippen molar-refractivity contribution in [2.75, 3.05) is 13.1 Å². The Labute approximate surface area is 88.4 Å². The number of hydrogen-bond donors (Lipinski definition) is 1. The molecule has 84 valence electrons. The Balaban J connectivity index is 2.67. The Morgan fingerprint density at radius 2 is 1.93 bits per heavy atom. The third kappa shape index (κ3) is 3.06. The Bertz CT molecular complexity index is 419. The summed E-state index contributed by atoms with van der Waals surface area (Å²) >= 11 is 0. The molecule has 0 aromatic carbocycles. The number of nitrogens with one attached hydrogen (secondary N) is 1. The molecule has 0 aliphatic rings. The average molecular weight is 211 g/mol. The molecule has 1 aromatic heterocycles. The molecule has 0 fully saturated rings. The second-order valence-corrected chi connectivity index (χ2v) is 3.46. The lowest BCUT2D eigenvalue weighted by molar-refractivity contribution is 0.570. The van der Waals surface area contributed by atoms with Crippen molar-refractivity contribution in [1.82, 2.24) is 14.5 Å². The molecule has 0 aliphatic carbocycles. The largest absolute Gasteiger partial charge is 0.316 e. The standard InChI is InChI=1S/C10H17N3O2/c1-3-4-11-5-6-13-8-7-12(2)9(14)10(13)15/h7-8,11H,3-6H2,1-2H3. The minimum absolute atomic E-state index is 0.460. The Kier molecular flexibility index (Phi) is 4.30. The van der Waals surface area contributed by atoms with Crippen molar-refractivity contribution >= 4 is 0 Å². The van der Waals surface area contributed by atoms with Gasteiger partial charge in [0, 0.05) is 32.5 Å². The van der Waals surface area contributed by atoms with Crippen LogP contribution in [0, 0.1) is 0 Å². The van der Waals surface area contributed by atoms with E-state index in [1.807, 2.05) is 0 Å². The summed E-state index contributed by atoms with van der Waals surface area (Å²) in [5.41, 5.74) is -0.939. The van der Waals surface area contributed by atoms with E-state index < -0.39 is 11.1 Å². The molecular formula is C10H17N3O2. The molecule has 0 saturated heterocycles. The van der Waals surface area contributed by atoms with E-state index in [9.17, 15) is 9.59 Å². The van der Waals surface area contributed by atoms with E-state index in [1.54, 1.807) is 19.4 Å². The molecule has 15 heavy (non-hydrogen) atoms. The first-order chi connectivity index (χ1) is 7.16. The summed E-state index contributed by atoms with van der Waals surface area (Å²) < 4.78 is 2.73. The average Bonchev–Trinajstić information content (AvgIpc) is 2.24. The van der Waals surface area contributed by atoms with E-state index in [4.69, 9.17) is 0 Å². The second-order valence-electron chi connectivity index (χ2n) is 3.46. The van der Waals surface area contributed by atoms with Gasteiger partial charge in [-0.25, -0.2) is 0 Å². The molecule has 0 amide bonds. The van der Waals surface area contributed by atoms with Gasteiger partial charge in [-0.1, -0.05) is 6.92 Å². The van der Waals surface area contributed by atoms with E-state index in [1.165, 1.54) is 9.13 Å². The van der Waals surface area contributed by atoms with Crippen molar-refractivity contribution in [2.24, 2.45) is 7.05 Å². The number of hydrogen-bond acceptors (Lipinski definition) is 3. The molecule has 0 spiro atoms. The normalized spacial score (nSPS) is 10.5. The number of rotatable bonds is 5. The zero-order valence-corrected chi connectivity index (χ0v) is 9.19.